The van der Waals surface area contributed by atoms with Gasteiger partial charge >= 0.3 is 5.97 Å². The number of ether oxygens (including phenoxy) is 1. The quantitative estimate of drug-likeness (QED) is 0.517. The predicted molar refractivity (Wildman–Crippen MR) is 53.2 cm³/mol. The van der Waals surface area contributed by atoms with Gasteiger partial charge in [0, 0.05) is 12.8 Å². The normalized spacial score (nSPS) is 22.5. The second-order valence-electron chi connectivity index (χ2n) is 3.88. The first-order chi connectivity index (χ1) is 7.06. The molecule has 84 valence electrons. The van der Waals surface area contributed by atoms with Crippen molar-refractivity contribution in [1.29, 1.82) is 0 Å². The van der Waals surface area contributed by atoms with Gasteiger partial charge in [0.1, 0.15) is 17.5 Å². The molecule has 0 N–H and O–H groups in total. The number of carbonyl (C=O) groups is 3. The summed E-state index contributed by atoms with van der Waals surface area (Å²) < 4.78 is 4.84. The minimum Gasteiger partial charge on any atom is -0.465 e. The lowest BCUT2D eigenvalue weighted by Gasteiger charge is -2.17. The van der Waals surface area contributed by atoms with Gasteiger partial charge in [0.25, 0.3) is 0 Å². The number of Topliss-reactive ketones (excluding diaryl/α,β-unsaturated/α-hetero) is 2. The van der Waals surface area contributed by atoms with E-state index in [9.17, 15) is 14.4 Å². The minimum atomic E-state index is -0.739. The van der Waals surface area contributed by atoms with E-state index >= 15 is 0 Å². The van der Waals surface area contributed by atoms with Crippen LogP contribution in [0.5, 0.6) is 0 Å². The van der Waals surface area contributed by atoms with Crippen LogP contribution in [0.2, 0.25) is 0 Å². The van der Waals surface area contributed by atoms with Crippen molar-refractivity contribution in [2.45, 2.75) is 33.1 Å². The van der Waals surface area contributed by atoms with E-state index in [1.165, 1.54) is 6.92 Å². The van der Waals surface area contributed by atoms with Gasteiger partial charge in [-0.25, -0.2) is 0 Å². The van der Waals surface area contributed by atoms with Crippen LogP contribution in [-0.2, 0) is 19.1 Å². The van der Waals surface area contributed by atoms with E-state index in [-0.39, 0.29) is 24.1 Å². The Morgan fingerprint density at radius 2 is 2.20 bits per heavy atom. The molecule has 0 saturated heterocycles. The summed E-state index contributed by atoms with van der Waals surface area (Å²) in [6.45, 7) is 3.35. The number of rotatable bonds is 4. The Hall–Kier alpha value is -1.19. The van der Waals surface area contributed by atoms with E-state index in [1.54, 1.807) is 6.92 Å². The molecule has 0 aromatic carbocycles. The van der Waals surface area contributed by atoms with E-state index in [2.05, 4.69) is 0 Å². The molecule has 1 aliphatic rings. The fourth-order valence-electron chi connectivity index (χ4n) is 2.05. The van der Waals surface area contributed by atoms with E-state index in [1.807, 2.05) is 0 Å². The standard InChI is InChI=1S/C11H16O4/c1-3-15-11(14)10(7(2)12)8-4-5-9(13)6-8/h8,10H,3-6H2,1-2H3. The summed E-state index contributed by atoms with van der Waals surface area (Å²) in [6, 6.07) is 0. The molecule has 0 aromatic rings. The van der Waals surface area contributed by atoms with Gasteiger partial charge in [-0.3, -0.25) is 14.4 Å². The number of hydrogen-bond donors (Lipinski definition) is 0. The first-order valence-electron chi connectivity index (χ1n) is 5.25. The van der Waals surface area contributed by atoms with Crippen molar-refractivity contribution in [2.24, 2.45) is 11.8 Å². The molecule has 0 amide bonds. The summed E-state index contributed by atoms with van der Waals surface area (Å²) in [5.41, 5.74) is 0. The van der Waals surface area contributed by atoms with Crippen LogP contribution in [0.4, 0.5) is 0 Å². The topological polar surface area (TPSA) is 60.4 Å². The van der Waals surface area contributed by atoms with Crippen molar-refractivity contribution >= 4 is 17.5 Å². The minimum absolute atomic E-state index is 0.135. The fraction of sp³-hybridized carbons (Fsp3) is 0.727. The maximum absolute atomic E-state index is 11.5. The summed E-state index contributed by atoms with van der Waals surface area (Å²) in [5.74, 6) is -1.43. The molecular weight excluding hydrogens is 196 g/mol. The lowest BCUT2D eigenvalue weighted by atomic mass is 9.88. The smallest absolute Gasteiger partial charge is 0.316 e. The highest BCUT2D eigenvalue weighted by molar-refractivity contribution is 5.99. The lowest BCUT2D eigenvalue weighted by molar-refractivity contribution is -0.153. The van der Waals surface area contributed by atoms with Gasteiger partial charge in [0.15, 0.2) is 0 Å². The Bertz CT molecular complexity index is 282. The van der Waals surface area contributed by atoms with Gasteiger partial charge in [-0.1, -0.05) is 0 Å². The second kappa shape index (κ2) is 5.05. The van der Waals surface area contributed by atoms with Gasteiger partial charge in [-0.05, 0) is 26.2 Å². The van der Waals surface area contributed by atoms with Crippen molar-refractivity contribution in [2.75, 3.05) is 6.61 Å². The van der Waals surface area contributed by atoms with Crippen molar-refractivity contribution in [3.63, 3.8) is 0 Å². The third-order valence-electron chi connectivity index (χ3n) is 2.73. The van der Waals surface area contributed by atoms with Crippen molar-refractivity contribution in [3.8, 4) is 0 Å². The molecule has 2 atom stereocenters. The molecule has 0 aromatic heterocycles. The van der Waals surface area contributed by atoms with Gasteiger partial charge in [0.2, 0.25) is 0 Å². The Morgan fingerprint density at radius 1 is 1.53 bits per heavy atom. The van der Waals surface area contributed by atoms with Crippen LogP contribution in [0.3, 0.4) is 0 Å². The maximum atomic E-state index is 11.5. The molecule has 1 saturated carbocycles. The summed E-state index contributed by atoms with van der Waals surface area (Å²) in [5, 5.41) is 0. The second-order valence-corrected chi connectivity index (χ2v) is 3.88. The lowest BCUT2D eigenvalue weighted by Crippen LogP contribution is -2.30. The molecule has 1 rings (SSSR count). The van der Waals surface area contributed by atoms with Crippen LogP contribution in [0, 0.1) is 11.8 Å². The van der Waals surface area contributed by atoms with Gasteiger partial charge in [-0.15, -0.1) is 0 Å². The fourth-order valence-corrected chi connectivity index (χ4v) is 2.05. The van der Waals surface area contributed by atoms with Gasteiger partial charge in [-0.2, -0.15) is 0 Å². The molecule has 1 fully saturated rings. The van der Waals surface area contributed by atoms with Crippen LogP contribution in [0.25, 0.3) is 0 Å². The molecule has 0 spiro atoms. The Morgan fingerprint density at radius 3 is 2.60 bits per heavy atom. The molecule has 4 nitrogen and oxygen atoms in total. The van der Waals surface area contributed by atoms with Gasteiger partial charge < -0.3 is 4.74 Å². The Labute approximate surface area is 89.0 Å². The van der Waals surface area contributed by atoms with Gasteiger partial charge in [0.05, 0.1) is 6.61 Å². The largest absolute Gasteiger partial charge is 0.465 e. The molecule has 15 heavy (non-hydrogen) atoms. The molecule has 0 aliphatic heterocycles. The predicted octanol–water partition coefficient (Wildman–Crippen LogP) is 1.12. The van der Waals surface area contributed by atoms with E-state index in [0.717, 1.165) is 0 Å². The molecule has 0 heterocycles. The highest BCUT2D eigenvalue weighted by Gasteiger charge is 2.37. The van der Waals surface area contributed by atoms with E-state index in [0.29, 0.717) is 19.3 Å². The van der Waals surface area contributed by atoms with Crippen molar-refractivity contribution in [1.82, 2.24) is 0 Å². The van der Waals surface area contributed by atoms with Crippen molar-refractivity contribution < 1.29 is 19.1 Å². The highest BCUT2D eigenvalue weighted by atomic mass is 16.5. The average Bonchev–Trinajstić information content (AvgIpc) is 2.51. The number of hydrogen-bond acceptors (Lipinski definition) is 4. The zero-order valence-electron chi connectivity index (χ0n) is 9.12. The number of esters is 1. The average molecular weight is 212 g/mol. The molecule has 0 radical (unpaired) electrons. The molecular formula is C11H16O4. The van der Waals surface area contributed by atoms with Crippen LogP contribution in [0.1, 0.15) is 33.1 Å². The monoisotopic (exact) mass is 212 g/mol. The van der Waals surface area contributed by atoms with Crippen LogP contribution in [0.15, 0.2) is 0 Å². The highest BCUT2D eigenvalue weighted by Crippen LogP contribution is 2.30. The van der Waals surface area contributed by atoms with E-state index < -0.39 is 11.9 Å². The van der Waals surface area contributed by atoms with E-state index in [4.69, 9.17) is 4.74 Å². The zero-order valence-corrected chi connectivity index (χ0v) is 9.12. The van der Waals surface area contributed by atoms with Crippen molar-refractivity contribution in [3.05, 3.63) is 0 Å². The first kappa shape index (κ1) is 11.9. The number of carbonyl (C=O) groups excluding carboxylic acids is 3. The third-order valence-corrected chi connectivity index (χ3v) is 2.73. The zero-order chi connectivity index (χ0) is 11.4. The summed E-state index contributed by atoms with van der Waals surface area (Å²) in [4.78, 5) is 34.0. The summed E-state index contributed by atoms with van der Waals surface area (Å²) in [7, 11) is 0. The molecule has 0 bridgehead atoms. The molecule has 2 unspecified atom stereocenters. The Balaban J connectivity index is 2.69. The number of ketones is 2. The first-order valence-corrected chi connectivity index (χ1v) is 5.25. The maximum Gasteiger partial charge on any atom is 0.316 e. The third kappa shape index (κ3) is 2.88. The van der Waals surface area contributed by atoms with Crippen LogP contribution in [-0.4, -0.2) is 24.1 Å². The molecule has 1 aliphatic carbocycles. The SMILES string of the molecule is CCOC(=O)C(C(C)=O)C1CCC(=O)C1. The van der Waals surface area contributed by atoms with Crippen LogP contribution < -0.4 is 0 Å². The summed E-state index contributed by atoms with van der Waals surface area (Å²) >= 11 is 0. The summed E-state index contributed by atoms with van der Waals surface area (Å²) in [6.07, 6.45) is 1.44. The Kier molecular flexibility index (Phi) is 4.00. The molecule has 4 heteroatoms. The van der Waals surface area contributed by atoms with Crippen LogP contribution >= 0.6 is 0 Å².